The molecule has 1 aromatic rings. The molecule has 0 radical (unpaired) electrons. The Balaban J connectivity index is 2.03. The summed E-state index contributed by atoms with van der Waals surface area (Å²) in [6, 6.07) is 4.91. The minimum atomic E-state index is -0.778. The first kappa shape index (κ1) is 13.4. The molecule has 1 heterocycles. The zero-order valence-electron chi connectivity index (χ0n) is 10.9. The Bertz CT molecular complexity index is 401. The van der Waals surface area contributed by atoms with Gasteiger partial charge in [0.1, 0.15) is 0 Å². The topological polar surface area (TPSA) is 15.3 Å². The van der Waals surface area contributed by atoms with Gasteiger partial charge < -0.3 is 5.32 Å². The molecule has 1 atom stereocenters. The van der Waals surface area contributed by atoms with Crippen LogP contribution < -0.4 is 5.32 Å². The molecule has 0 aromatic heterocycles. The highest BCUT2D eigenvalue weighted by molar-refractivity contribution is 5.21. The summed E-state index contributed by atoms with van der Waals surface area (Å²) in [5.41, 5.74) is 0.844. The monoisotopic (exact) mass is 254 g/mol. The van der Waals surface area contributed by atoms with E-state index in [0.717, 1.165) is 31.5 Å². The van der Waals surface area contributed by atoms with E-state index in [1.807, 2.05) is 14.0 Å². The van der Waals surface area contributed by atoms with Crippen molar-refractivity contribution in [3.05, 3.63) is 35.4 Å². The summed E-state index contributed by atoms with van der Waals surface area (Å²) in [7, 11) is 1.99. The fourth-order valence-corrected chi connectivity index (χ4v) is 2.56. The first-order valence-electron chi connectivity index (χ1n) is 6.48. The summed E-state index contributed by atoms with van der Waals surface area (Å²) in [6.07, 6.45) is 2.20. The lowest BCUT2D eigenvalue weighted by atomic mass is 10.0. The minimum absolute atomic E-state index is 0.137. The average Bonchev–Trinajstić information content (AvgIpc) is 2.41. The Morgan fingerprint density at radius 1 is 1.22 bits per heavy atom. The molecule has 0 saturated carbocycles. The maximum atomic E-state index is 13.2. The van der Waals surface area contributed by atoms with Crippen molar-refractivity contribution in [2.24, 2.45) is 0 Å². The van der Waals surface area contributed by atoms with E-state index in [1.54, 1.807) is 6.07 Å². The Kier molecular flexibility index (Phi) is 4.30. The van der Waals surface area contributed by atoms with Gasteiger partial charge in [0.05, 0.1) is 0 Å². The minimum Gasteiger partial charge on any atom is -0.317 e. The molecule has 1 aliphatic heterocycles. The number of halogens is 2. The summed E-state index contributed by atoms with van der Waals surface area (Å²) >= 11 is 0. The molecular formula is C14H20F2N2. The van der Waals surface area contributed by atoms with Crippen LogP contribution >= 0.6 is 0 Å². The molecule has 1 unspecified atom stereocenters. The van der Waals surface area contributed by atoms with Crippen molar-refractivity contribution in [3.63, 3.8) is 0 Å². The second kappa shape index (κ2) is 5.76. The van der Waals surface area contributed by atoms with Crippen molar-refractivity contribution < 1.29 is 8.78 Å². The van der Waals surface area contributed by atoms with Gasteiger partial charge in [-0.1, -0.05) is 6.07 Å². The molecule has 1 N–H and O–H groups in total. The molecule has 1 aromatic carbocycles. The molecule has 2 rings (SSSR count). The molecule has 18 heavy (non-hydrogen) atoms. The van der Waals surface area contributed by atoms with E-state index in [4.69, 9.17) is 0 Å². The maximum Gasteiger partial charge on any atom is 0.159 e. The molecule has 0 aliphatic carbocycles. The number of rotatable bonds is 3. The normalized spacial score (nSPS) is 20.0. The summed E-state index contributed by atoms with van der Waals surface area (Å²) in [5, 5.41) is 3.28. The van der Waals surface area contributed by atoms with E-state index >= 15 is 0 Å². The molecular weight excluding hydrogens is 234 g/mol. The highest BCUT2D eigenvalue weighted by atomic mass is 19.2. The third kappa shape index (κ3) is 2.87. The van der Waals surface area contributed by atoms with Gasteiger partial charge in [-0.05, 0) is 44.5 Å². The van der Waals surface area contributed by atoms with Crippen LogP contribution in [-0.2, 0) is 0 Å². The van der Waals surface area contributed by atoms with Crippen LogP contribution in [0.15, 0.2) is 18.2 Å². The van der Waals surface area contributed by atoms with E-state index in [2.05, 4.69) is 10.2 Å². The Hall–Kier alpha value is -1.00. The van der Waals surface area contributed by atoms with Crippen LogP contribution in [0.25, 0.3) is 0 Å². The molecule has 0 spiro atoms. The molecule has 0 amide bonds. The largest absolute Gasteiger partial charge is 0.317 e. The van der Waals surface area contributed by atoms with Gasteiger partial charge in [0.25, 0.3) is 0 Å². The van der Waals surface area contributed by atoms with Crippen LogP contribution in [-0.4, -0.2) is 31.1 Å². The Morgan fingerprint density at radius 2 is 1.89 bits per heavy atom. The van der Waals surface area contributed by atoms with Crippen molar-refractivity contribution in [1.29, 1.82) is 0 Å². The lowest BCUT2D eigenvalue weighted by molar-refractivity contribution is 0.155. The predicted molar refractivity (Wildman–Crippen MR) is 68.4 cm³/mol. The molecule has 1 aliphatic rings. The predicted octanol–water partition coefficient (Wildman–Crippen LogP) is 2.71. The SMILES string of the molecule is CNC1CCN(C(C)c2ccc(F)c(F)c2)CC1. The van der Waals surface area contributed by atoms with Crippen molar-refractivity contribution in [2.75, 3.05) is 20.1 Å². The van der Waals surface area contributed by atoms with E-state index in [-0.39, 0.29) is 6.04 Å². The number of hydrogen-bond donors (Lipinski definition) is 1. The van der Waals surface area contributed by atoms with Gasteiger partial charge in [-0.15, -0.1) is 0 Å². The molecule has 0 bridgehead atoms. The van der Waals surface area contributed by atoms with Crippen LogP contribution in [0.3, 0.4) is 0 Å². The number of piperidine rings is 1. The van der Waals surface area contributed by atoms with Gasteiger partial charge in [0.2, 0.25) is 0 Å². The highest BCUT2D eigenvalue weighted by Crippen LogP contribution is 2.25. The van der Waals surface area contributed by atoms with Crippen LogP contribution in [0.2, 0.25) is 0 Å². The first-order valence-corrected chi connectivity index (χ1v) is 6.48. The van der Waals surface area contributed by atoms with Crippen LogP contribution in [0.4, 0.5) is 8.78 Å². The second-order valence-electron chi connectivity index (χ2n) is 4.95. The van der Waals surface area contributed by atoms with Crippen molar-refractivity contribution in [1.82, 2.24) is 10.2 Å². The molecule has 4 heteroatoms. The zero-order valence-corrected chi connectivity index (χ0v) is 10.9. The molecule has 1 saturated heterocycles. The Morgan fingerprint density at radius 3 is 2.44 bits per heavy atom. The Labute approximate surface area is 107 Å². The van der Waals surface area contributed by atoms with E-state index in [0.29, 0.717) is 6.04 Å². The summed E-state index contributed by atoms with van der Waals surface area (Å²) in [4.78, 5) is 2.32. The second-order valence-corrected chi connectivity index (χ2v) is 4.95. The van der Waals surface area contributed by atoms with Gasteiger partial charge in [0.15, 0.2) is 11.6 Å². The number of benzene rings is 1. The van der Waals surface area contributed by atoms with Gasteiger partial charge in [-0.3, -0.25) is 4.90 Å². The molecule has 100 valence electrons. The van der Waals surface area contributed by atoms with Gasteiger partial charge >= 0.3 is 0 Å². The van der Waals surface area contributed by atoms with Crippen molar-refractivity contribution in [2.45, 2.75) is 31.8 Å². The van der Waals surface area contributed by atoms with Crippen LogP contribution in [0.5, 0.6) is 0 Å². The number of nitrogens with zero attached hydrogens (tertiary/aromatic N) is 1. The smallest absolute Gasteiger partial charge is 0.159 e. The summed E-state index contributed by atoms with van der Waals surface area (Å²) < 4.78 is 26.1. The number of hydrogen-bond acceptors (Lipinski definition) is 2. The van der Waals surface area contributed by atoms with Gasteiger partial charge in [-0.2, -0.15) is 0 Å². The third-order valence-electron chi connectivity index (χ3n) is 3.91. The summed E-state index contributed by atoms with van der Waals surface area (Å²) in [6.45, 7) is 4.03. The van der Waals surface area contributed by atoms with Crippen LogP contribution in [0, 0.1) is 11.6 Å². The standard InChI is InChI=1S/C14H20F2N2/c1-10(11-3-4-13(15)14(16)9-11)18-7-5-12(17-2)6-8-18/h3-4,9-10,12,17H,5-8H2,1-2H3. The maximum absolute atomic E-state index is 13.2. The quantitative estimate of drug-likeness (QED) is 0.892. The van der Waals surface area contributed by atoms with Crippen LogP contribution in [0.1, 0.15) is 31.4 Å². The first-order chi connectivity index (χ1) is 8.61. The van der Waals surface area contributed by atoms with Gasteiger partial charge in [-0.25, -0.2) is 8.78 Å². The van der Waals surface area contributed by atoms with E-state index < -0.39 is 11.6 Å². The number of likely N-dealkylation sites (tertiary alicyclic amines) is 1. The fourth-order valence-electron chi connectivity index (χ4n) is 2.56. The van der Waals surface area contributed by atoms with Gasteiger partial charge in [0, 0.05) is 25.2 Å². The summed E-state index contributed by atoms with van der Waals surface area (Å²) in [5.74, 6) is -1.54. The molecule has 2 nitrogen and oxygen atoms in total. The van der Waals surface area contributed by atoms with Crippen molar-refractivity contribution in [3.8, 4) is 0 Å². The fraction of sp³-hybridized carbons (Fsp3) is 0.571. The lowest BCUT2D eigenvalue weighted by Gasteiger charge is -2.36. The lowest BCUT2D eigenvalue weighted by Crippen LogP contribution is -2.42. The number of nitrogens with one attached hydrogen (secondary N) is 1. The highest BCUT2D eigenvalue weighted by Gasteiger charge is 2.23. The van der Waals surface area contributed by atoms with Crippen molar-refractivity contribution >= 4 is 0 Å². The van der Waals surface area contributed by atoms with E-state index in [1.165, 1.54) is 12.1 Å². The average molecular weight is 254 g/mol. The molecule has 1 fully saturated rings. The van der Waals surface area contributed by atoms with E-state index in [9.17, 15) is 8.78 Å². The third-order valence-corrected chi connectivity index (χ3v) is 3.91. The zero-order chi connectivity index (χ0) is 13.1.